The molecule has 1 atom stereocenters. The van der Waals surface area contributed by atoms with E-state index in [9.17, 15) is 4.79 Å². The van der Waals surface area contributed by atoms with E-state index in [1.165, 1.54) is 0 Å². The molecule has 0 fully saturated rings. The van der Waals surface area contributed by atoms with E-state index in [0.29, 0.717) is 25.5 Å². The molecule has 0 rings (SSSR count). The number of methoxy groups -OCH3 is 1. The van der Waals surface area contributed by atoms with Gasteiger partial charge in [-0.1, -0.05) is 13.8 Å². The third-order valence-electron chi connectivity index (χ3n) is 2.22. The number of nitrogens with two attached hydrogens (primary N) is 1. The van der Waals surface area contributed by atoms with Crippen LogP contribution in [0.2, 0.25) is 0 Å². The maximum Gasteiger partial charge on any atom is 0.236 e. The van der Waals surface area contributed by atoms with Crippen molar-refractivity contribution in [3.8, 4) is 0 Å². The normalized spacial score (nSPS) is 12.9. The summed E-state index contributed by atoms with van der Waals surface area (Å²) in [6.07, 6.45) is 2.51. The van der Waals surface area contributed by atoms with Gasteiger partial charge < -0.3 is 15.8 Å². The first kappa shape index (κ1) is 14.4. The second kappa shape index (κ2) is 8.68. The first-order chi connectivity index (χ1) is 7.07. The lowest BCUT2D eigenvalue weighted by Gasteiger charge is -2.12. The van der Waals surface area contributed by atoms with E-state index < -0.39 is 6.04 Å². The lowest BCUT2D eigenvalue weighted by atomic mass is 10.1. The van der Waals surface area contributed by atoms with Crippen molar-refractivity contribution in [2.75, 3.05) is 20.3 Å². The number of rotatable bonds is 8. The average Bonchev–Trinajstić information content (AvgIpc) is 2.17. The highest BCUT2D eigenvalue weighted by Gasteiger charge is 2.11. The number of amides is 1. The number of ether oxygens (including phenoxy) is 1. The van der Waals surface area contributed by atoms with Crippen molar-refractivity contribution in [2.45, 2.75) is 39.2 Å². The second-order valence-corrected chi connectivity index (χ2v) is 4.22. The van der Waals surface area contributed by atoms with Gasteiger partial charge in [0.05, 0.1) is 6.04 Å². The van der Waals surface area contributed by atoms with Crippen LogP contribution in [0.1, 0.15) is 33.1 Å². The van der Waals surface area contributed by atoms with Crippen LogP contribution >= 0.6 is 0 Å². The molecule has 0 aromatic rings. The molecule has 0 heterocycles. The Balaban J connectivity index is 3.51. The number of nitrogens with one attached hydrogen (secondary N) is 1. The van der Waals surface area contributed by atoms with Crippen LogP contribution in [0, 0.1) is 5.92 Å². The molecule has 0 aromatic heterocycles. The fourth-order valence-electron chi connectivity index (χ4n) is 1.19. The van der Waals surface area contributed by atoms with Crippen molar-refractivity contribution < 1.29 is 9.53 Å². The summed E-state index contributed by atoms with van der Waals surface area (Å²) >= 11 is 0. The maximum absolute atomic E-state index is 11.4. The molecule has 15 heavy (non-hydrogen) atoms. The summed E-state index contributed by atoms with van der Waals surface area (Å²) in [7, 11) is 1.65. The first-order valence-corrected chi connectivity index (χ1v) is 5.60. The molecular formula is C11H24N2O2. The molecule has 3 N–H and O–H groups in total. The Kier molecular flexibility index (Phi) is 8.33. The molecule has 4 nitrogen and oxygen atoms in total. The van der Waals surface area contributed by atoms with Gasteiger partial charge in [-0.15, -0.1) is 0 Å². The molecule has 0 aliphatic carbocycles. The highest BCUT2D eigenvalue weighted by atomic mass is 16.5. The molecular weight excluding hydrogens is 192 g/mol. The summed E-state index contributed by atoms with van der Waals surface area (Å²) in [6, 6.07) is -0.396. The molecule has 1 amide bonds. The summed E-state index contributed by atoms with van der Waals surface area (Å²) in [5.74, 6) is 0.557. The fraction of sp³-hybridized carbons (Fsp3) is 0.909. The molecule has 90 valence electrons. The molecule has 0 bridgehead atoms. The molecule has 0 aliphatic rings. The van der Waals surface area contributed by atoms with E-state index in [-0.39, 0.29) is 5.91 Å². The van der Waals surface area contributed by atoms with Gasteiger partial charge in [-0.25, -0.2) is 0 Å². The zero-order valence-electron chi connectivity index (χ0n) is 10.1. The lowest BCUT2D eigenvalue weighted by molar-refractivity contribution is -0.122. The summed E-state index contributed by atoms with van der Waals surface area (Å²) in [5, 5.41) is 2.84. The van der Waals surface area contributed by atoms with Gasteiger partial charge in [0.2, 0.25) is 5.91 Å². The van der Waals surface area contributed by atoms with Crippen molar-refractivity contribution in [2.24, 2.45) is 11.7 Å². The Morgan fingerprint density at radius 3 is 2.60 bits per heavy atom. The van der Waals surface area contributed by atoms with E-state index >= 15 is 0 Å². The summed E-state index contributed by atoms with van der Waals surface area (Å²) in [6.45, 7) is 5.64. The van der Waals surface area contributed by atoms with Crippen molar-refractivity contribution >= 4 is 5.91 Å². The highest BCUT2D eigenvalue weighted by Crippen LogP contribution is 1.98. The van der Waals surface area contributed by atoms with Gasteiger partial charge in [-0.05, 0) is 25.2 Å². The fourth-order valence-corrected chi connectivity index (χ4v) is 1.19. The van der Waals surface area contributed by atoms with Crippen LogP contribution in [-0.2, 0) is 9.53 Å². The zero-order chi connectivity index (χ0) is 11.7. The number of carbonyl (C=O) groups is 1. The third-order valence-corrected chi connectivity index (χ3v) is 2.22. The standard InChI is InChI=1S/C11H24N2O2/c1-9(2)6-7-13-11(14)10(12)5-4-8-15-3/h9-10H,4-8,12H2,1-3H3,(H,13,14). The second-order valence-electron chi connectivity index (χ2n) is 4.22. The van der Waals surface area contributed by atoms with Crippen LogP contribution in [0.25, 0.3) is 0 Å². The number of hydrogen-bond acceptors (Lipinski definition) is 3. The predicted molar refractivity (Wildman–Crippen MR) is 61.6 cm³/mol. The Morgan fingerprint density at radius 2 is 2.07 bits per heavy atom. The summed E-state index contributed by atoms with van der Waals surface area (Å²) < 4.78 is 4.90. The van der Waals surface area contributed by atoms with Crippen molar-refractivity contribution in [1.29, 1.82) is 0 Å². The minimum atomic E-state index is -0.396. The monoisotopic (exact) mass is 216 g/mol. The van der Waals surface area contributed by atoms with Crippen LogP contribution in [0.3, 0.4) is 0 Å². The van der Waals surface area contributed by atoms with E-state index in [2.05, 4.69) is 19.2 Å². The van der Waals surface area contributed by atoms with E-state index in [4.69, 9.17) is 10.5 Å². The Morgan fingerprint density at radius 1 is 1.40 bits per heavy atom. The SMILES string of the molecule is COCCCC(N)C(=O)NCCC(C)C. The van der Waals surface area contributed by atoms with Gasteiger partial charge in [0.1, 0.15) is 0 Å². The molecule has 1 unspecified atom stereocenters. The predicted octanol–water partition coefficient (Wildman–Crippen LogP) is 0.903. The smallest absolute Gasteiger partial charge is 0.236 e. The van der Waals surface area contributed by atoms with Crippen LogP contribution in [0.4, 0.5) is 0 Å². The first-order valence-electron chi connectivity index (χ1n) is 5.60. The number of hydrogen-bond donors (Lipinski definition) is 2. The lowest BCUT2D eigenvalue weighted by Crippen LogP contribution is -2.41. The van der Waals surface area contributed by atoms with Crippen LogP contribution in [0.15, 0.2) is 0 Å². The quantitative estimate of drug-likeness (QED) is 0.593. The van der Waals surface area contributed by atoms with Gasteiger partial charge >= 0.3 is 0 Å². The Bertz CT molecular complexity index is 172. The molecule has 0 saturated heterocycles. The van der Waals surface area contributed by atoms with Gasteiger partial charge in [0.15, 0.2) is 0 Å². The number of carbonyl (C=O) groups excluding carboxylic acids is 1. The van der Waals surface area contributed by atoms with Crippen molar-refractivity contribution in [3.63, 3.8) is 0 Å². The van der Waals surface area contributed by atoms with E-state index in [1.807, 2.05) is 0 Å². The van der Waals surface area contributed by atoms with Gasteiger partial charge in [0, 0.05) is 20.3 Å². The van der Waals surface area contributed by atoms with E-state index in [0.717, 1.165) is 12.8 Å². The zero-order valence-corrected chi connectivity index (χ0v) is 10.1. The molecule has 0 aromatic carbocycles. The molecule has 0 aliphatic heterocycles. The van der Waals surface area contributed by atoms with Crippen LogP contribution in [-0.4, -0.2) is 32.2 Å². The third kappa shape index (κ3) is 8.39. The average molecular weight is 216 g/mol. The molecule has 0 spiro atoms. The van der Waals surface area contributed by atoms with Gasteiger partial charge in [0.25, 0.3) is 0 Å². The van der Waals surface area contributed by atoms with Crippen molar-refractivity contribution in [1.82, 2.24) is 5.32 Å². The topological polar surface area (TPSA) is 64.3 Å². The van der Waals surface area contributed by atoms with Crippen molar-refractivity contribution in [3.05, 3.63) is 0 Å². The summed E-state index contributed by atoms with van der Waals surface area (Å²) in [4.78, 5) is 11.4. The Hall–Kier alpha value is -0.610. The highest BCUT2D eigenvalue weighted by molar-refractivity contribution is 5.81. The molecule has 4 heteroatoms. The molecule has 0 saturated carbocycles. The maximum atomic E-state index is 11.4. The largest absolute Gasteiger partial charge is 0.385 e. The van der Waals surface area contributed by atoms with Crippen LogP contribution < -0.4 is 11.1 Å². The van der Waals surface area contributed by atoms with E-state index in [1.54, 1.807) is 7.11 Å². The molecule has 0 radical (unpaired) electrons. The minimum absolute atomic E-state index is 0.0493. The Labute approximate surface area is 92.6 Å². The van der Waals surface area contributed by atoms with Crippen LogP contribution in [0.5, 0.6) is 0 Å². The van der Waals surface area contributed by atoms with Gasteiger partial charge in [-0.3, -0.25) is 4.79 Å². The summed E-state index contributed by atoms with van der Waals surface area (Å²) in [5.41, 5.74) is 5.71. The minimum Gasteiger partial charge on any atom is -0.385 e. The van der Waals surface area contributed by atoms with Gasteiger partial charge in [-0.2, -0.15) is 0 Å².